The summed E-state index contributed by atoms with van der Waals surface area (Å²) < 4.78 is 0. The van der Waals surface area contributed by atoms with Crippen LogP contribution in [-0.2, 0) is 0 Å². The van der Waals surface area contributed by atoms with Crippen molar-refractivity contribution in [2.24, 2.45) is 5.73 Å². The summed E-state index contributed by atoms with van der Waals surface area (Å²) >= 11 is 0. The number of carbonyl (C=O) groups is 2. The molecule has 9 heavy (non-hydrogen) atoms. The van der Waals surface area contributed by atoms with Crippen LogP contribution in [0, 0.1) is 0 Å². The second-order valence-electron chi connectivity index (χ2n) is 1.15. The molecule has 6 heteroatoms. The zero-order valence-corrected chi connectivity index (χ0v) is 4.55. The molecule has 0 heterocycles. The van der Waals surface area contributed by atoms with Crippen LogP contribution >= 0.6 is 0 Å². The van der Waals surface area contributed by atoms with Gasteiger partial charge in [0.05, 0.1) is 0 Å². The first kappa shape index (κ1) is 7.70. The van der Waals surface area contributed by atoms with Crippen LogP contribution in [0.3, 0.4) is 0 Å². The summed E-state index contributed by atoms with van der Waals surface area (Å²) in [7, 11) is 0. The quantitative estimate of drug-likeness (QED) is 0.321. The van der Waals surface area contributed by atoms with Crippen molar-refractivity contribution in [2.45, 2.75) is 0 Å². The van der Waals surface area contributed by atoms with Crippen LogP contribution in [-0.4, -0.2) is 23.9 Å². The van der Waals surface area contributed by atoms with Crippen LogP contribution < -0.4 is 16.4 Å². The van der Waals surface area contributed by atoms with Gasteiger partial charge in [-0.2, -0.15) is 0 Å². The van der Waals surface area contributed by atoms with Crippen LogP contribution in [0.2, 0.25) is 0 Å². The molecule has 0 saturated carbocycles. The van der Waals surface area contributed by atoms with E-state index in [2.05, 4.69) is 5.73 Å². The molecule has 52 valence electrons. The number of amides is 4. The van der Waals surface area contributed by atoms with Gasteiger partial charge in [-0.15, -0.1) is 0 Å². The number of aliphatic hydroxyl groups is 1. The summed E-state index contributed by atoms with van der Waals surface area (Å²) in [4.78, 5) is 20.0. The summed E-state index contributed by atoms with van der Waals surface area (Å²) in [5, 5.41) is 11.6. The topological polar surface area (TPSA) is 104 Å². The fourth-order valence-corrected chi connectivity index (χ4v) is 0.228. The van der Waals surface area contributed by atoms with E-state index in [0.717, 1.165) is 0 Å². The van der Waals surface area contributed by atoms with Crippen molar-refractivity contribution in [3.8, 4) is 0 Å². The van der Waals surface area contributed by atoms with E-state index in [1.54, 1.807) is 5.32 Å². The molecule has 0 atom stereocenters. The highest BCUT2D eigenvalue weighted by atomic mass is 16.3. The molecule has 0 spiro atoms. The molecule has 0 aliphatic rings. The standard InChI is InChI=1S/C3H7N3O3/c4-2(8)6-3(9)5-1-7/h7H,1H2,(H4,4,5,6,8,9). The van der Waals surface area contributed by atoms with E-state index < -0.39 is 18.8 Å². The number of nitrogens with one attached hydrogen (secondary N) is 2. The molecule has 0 aliphatic heterocycles. The van der Waals surface area contributed by atoms with Crippen LogP contribution in [0.25, 0.3) is 0 Å². The number of rotatable bonds is 1. The summed E-state index contributed by atoms with van der Waals surface area (Å²) in [5.41, 5.74) is 4.53. The fourth-order valence-electron chi connectivity index (χ4n) is 0.228. The second-order valence-corrected chi connectivity index (χ2v) is 1.15. The third-order valence-corrected chi connectivity index (χ3v) is 0.476. The molecule has 0 fully saturated rings. The SMILES string of the molecule is NC(=O)NC(=O)NCO. The van der Waals surface area contributed by atoms with Crippen LogP contribution in [0.15, 0.2) is 0 Å². The van der Waals surface area contributed by atoms with Gasteiger partial charge in [-0.1, -0.05) is 0 Å². The minimum atomic E-state index is -0.957. The lowest BCUT2D eigenvalue weighted by atomic mass is 10.9. The summed E-state index contributed by atoms with van der Waals surface area (Å²) in [6.45, 7) is -0.529. The normalized spacial score (nSPS) is 8.11. The highest BCUT2D eigenvalue weighted by Gasteiger charge is 1.98. The molecule has 0 unspecified atom stereocenters. The van der Waals surface area contributed by atoms with Gasteiger partial charge in [0.25, 0.3) is 0 Å². The number of hydrogen-bond acceptors (Lipinski definition) is 3. The Hall–Kier alpha value is -1.30. The largest absolute Gasteiger partial charge is 0.376 e. The Morgan fingerprint density at radius 1 is 1.56 bits per heavy atom. The van der Waals surface area contributed by atoms with E-state index >= 15 is 0 Å². The molecule has 0 saturated heterocycles. The average molecular weight is 133 g/mol. The molecular formula is C3H7N3O3. The molecule has 6 nitrogen and oxygen atoms in total. The predicted molar refractivity (Wildman–Crippen MR) is 28.3 cm³/mol. The molecule has 0 rings (SSSR count). The van der Waals surface area contributed by atoms with Crippen LogP contribution in [0.5, 0.6) is 0 Å². The molecule has 0 aliphatic carbocycles. The van der Waals surface area contributed by atoms with Crippen molar-refractivity contribution < 1.29 is 14.7 Å². The van der Waals surface area contributed by atoms with E-state index in [-0.39, 0.29) is 0 Å². The maximum atomic E-state index is 10.2. The Kier molecular flexibility index (Phi) is 3.14. The van der Waals surface area contributed by atoms with Crippen LogP contribution in [0.1, 0.15) is 0 Å². The number of carbonyl (C=O) groups excluding carboxylic acids is 2. The van der Waals surface area contributed by atoms with Crippen molar-refractivity contribution in [2.75, 3.05) is 6.73 Å². The van der Waals surface area contributed by atoms with Gasteiger partial charge in [0.2, 0.25) is 0 Å². The summed E-state index contributed by atoms with van der Waals surface area (Å²) in [6.07, 6.45) is 0. The monoisotopic (exact) mass is 133 g/mol. The molecule has 0 radical (unpaired) electrons. The minimum absolute atomic E-state index is 0.529. The number of aliphatic hydroxyl groups excluding tert-OH is 1. The first-order valence-corrected chi connectivity index (χ1v) is 2.12. The van der Waals surface area contributed by atoms with Crippen molar-refractivity contribution in [1.82, 2.24) is 10.6 Å². The number of primary amides is 1. The van der Waals surface area contributed by atoms with Crippen molar-refractivity contribution in [3.63, 3.8) is 0 Å². The Labute approximate surface area is 51.0 Å². The van der Waals surface area contributed by atoms with E-state index in [9.17, 15) is 9.59 Å². The van der Waals surface area contributed by atoms with Gasteiger partial charge in [0.1, 0.15) is 6.73 Å². The Morgan fingerprint density at radius 3 is 2.44 bits per heavy atom. The molecular weight excluding hydrogens is 126 g/mol. The lowest BCUT2D eigenvalue weighted by Gasteiger charge is -1.98. The summed E-state index contributed by atoms with van der Waals surface area (Å²) in [5.74, 6) is 0. The van der Waals surface area contributed by atoms with Crippen molar-refractivity contribution in [1.29, 1.82) is 0 Å². The highest BCUT2D eigenvalue weighted by molar-refractivity contribution is 5.92. The molecule has 0 bridgehead atoms. The number of nitrogens with two attached hydrogens (primary N) is 1. The van der Waals surface area contributed by atoms with Gasteiger partial charge in [-0.25, -0.2) is 9.59 Å². The molecule has 5 N–H and O–H groups in total. The Balaban J connectivity index is 3.39. The van der Waals surface area contributed by atoms with Crippen molar-refractivity contribution >= 4 is 12.1 Å². The smallest absolute Gasteiger partial charge is 0.324 e. The molecule has 0 aromatic heterocycles. The van der Waals surface area contributed by atoms with E-state index in [1.807, 2.05) is 5.32 Å². The number of hydrogen-bond donors (Lipinski definition) is 4. The predicted octanol–water partition coefficient (Wildman–Crippen LogP) is -1.69. The number of urea groups is 2. The number of imide groups is 1. The second kappa shape index (κ2) is 3.67. The maximum Gasteiger partial charge on any atom is 0.324 e. The third kappa shape index (κ3) is 4.56. The lowest BCUT2D eigenvalue weighted by molar-refractivity contribution is 0.215. The van der Waals surface area contributed by atoms with E-state index in [4.69, 9.17) is 5.11 Å². The first-order valence-electron chi connectivity index (χ1n) is 2.12. The van der Waals surface area contributed by atoms with E-state index in [0.29, 0.717) is 0 Å². The van der Waals surface area contributed by atoms with Gasteiger partial charge >= 0.3 is 12.1 Å². The average Bonchev–Trinajstić information content (AvgIpc) is 1.63. The minimum Gasteiger partial charge on any atom is -0.376 e. The van der Waals surface area contributed by atoms with E-state index in [1.165, 1.54) is 0 Å². The van der Waals surface area contributed by atoms with Gasteiger partial charge < -0.3 is 16.2 Å². The van der Waals surface area contributed by atoms with Crippen molar-refractivity contribution in [3.05, 3.63) is 0 Å². The zero-order valence-electron chi connectivity index (χ0n) is 4.55. The molecule has 0 aromatic carbocycles. The van der Waals surface area contributed by atoms with Gasteiger partial charge in [0, 0.05) is 0 Å². The Bertz CT molecular complexity index is 123. The zero-order chi connectivity index (χ0) is 7.28. The maximum absolute atomic E-state index is 10.2. The lowest BCUT2D eigenvalue weighted by Crippen LogP contribution is -2.42. The Morgan fingerprint density at radius 2 is 2.11 bits per heavy atom. The molecule has 0 aromatic rings. The van der Waals surface area contributed by atoms with Gasteiger partial charge in [-0.05, 0) is 0 Å². The fraction of sp³-hybridized carbons (Fsp3) is 0.333. The van der Waals surface area contributed by atoms with Crippen LogP contribution in [0.4, 0.5) is 9.59 Å². The first-order chi connectivity index (χ1) is 4.16. The van der Waals surface area contributed by atoms with Gasteiger partial charge in [-0.3, -0.25) is 5.32 Å². The molecule has 4 amide bonds. The summed E-state index contributed by atoms with van der Waals surface area (Å²) in [6, 6.07) is -1.77. The van der Waals surface area contributed by atoms with Gasteiger partial charge in [0.15, 0.2) is 0 Å². The highest BCUT2D eigenvalue weighted by Crippen LogP contribution is 1.59. The third-order valence-electron chi connectivity index (χ3n) is 0.476.